The number of benzene rings is 2. The molecule has 3 rings (SSSR count). The predicted molar refractivity (Wildman–Crippen MR) is 88.0 cm³/mol. The summed E-state index contributed by atoms with van der Waals surface area (Å²) < 4.78 is 11.0. The number of rotatable bonds is 6. The number of nitrogens with one attached hydrogen (secondary N) is 1. The van der Waals surface area contributed by atoms with Crippen molar-refractivity contribution in [1.82, 2.24) is 15.5 Å². The van der Waals surface area contributed by atoms with Gasteiger partial charge in [0.1, 0.15) is 5.75 Å². The van der Waals surface area contributed by atoms with Crippen LogP contribution in [0.5, 0.6) is 5.75 Å². The Kier molecular flexibility index (Phi) is 4.68. The molecule has 118 valence electrons. The lowest BCUT2D eigenvalue weighted by Gasteiger charge is -2.07. The fraction of sp³-hybridized carbons (Fsp3) is 0.222. The molecule has 3 aromatic rings. The molecule has 0 saturated carbocycles. The SMILES string of the molecule is COc1ccccc1CNCc1nnc(-c2cccc(C)c2)o1. The lowest BCUT2D eigenvalue weighted by atomic mass is 10.1. The van der Waals surface area contributed by atoms with E-state index in [1.54, 1.807) is 7.11 Å². The highest BCUT2D eigenvalue weighted by Gasteiger charge is 2.09. The number of hydrogen-bond acceptors (Lipinski definition) is 5. The van der Waals surface area contributed by atoms with Gasteiger partial charge in [-0.2, -0.15) is 0 Å². The minimum Gasteiger partial charge on any atom is -0.496 e. The quantitative estimate of drug-likeness (QED) is 0.756. The molecule has 0 spiro atoms. The maximum atomic E-state index is 5.70. The molecule has 5 nitrogen and oxygen atoms in total. The van der Waals surface area contributed by atoms with Crippen LogP contribution < -0.4 is 10.1 Å². The molecule has 1 N–H and O–H groups in total. The van der Waals surface area contributed by atoms with Crippen LogP contribution in [0.2, 0.25) is 0 Å². The van der Waals surface area contributed by atoms with Crippen molar-refractivity contribution in [2.24, 2.45) is 0 Å². The summed E-state index contributed by atoms with van der Waals surface area (Å²) in [4.78, 5) is 0. The molecule has 0 bridgehead atoms. The van der Waals surface area contributed by atoms with Crippen LogP contribution in [0.15, 0.2) is 52.9 Å². The molecular formula is C18H19N3O2. The molecule has 0 unspecified atom stereocenters. The number of aryl methyl sites for hydroxylation is 1. The topological polar surface area (TPSA) is 60.2 Å². The number of hydrogen-bond donors (Lipinski definition) is 1. The van der Waals surface area contributed by atoms with Crippen LogP contribution in [0.1, 0.15) is 17.0 Å². The summed E-state index contributed by atoms with van der Waals surface area (Å²) in [5, 5.41) is 11.5. The molecule has 0 radical (unpaired) electrons. The van der Waals surface area contributed by atoms with Gasteiger partial charge >= 0.3 is 0 Å². The van der Waals surface area contributed by atoms with E-state index in [4.69, 9.17) is 9.15 Å². The van der Waals surface area contributed by atoms with Gasteiger partial charge in [-0.15, -0.1) is 10.2 Å². The van der Waals surface area contributed by atoms with Crippen LogP contribution in [-0.4, -0.2) is 17.3 Å². The number of nitrogens with zero attached hydrogens (tertiary/aromatic N) is 2. The summed E-state index contributed by atoms with van der Waals surface area (Å²) in [6.07, 6.45) is 0. The van der Waals surface area contributed by atoms with Gasteiger partial charge in [0.25, 0.3) is 0 Å². The molecule has 0 amide bonds. The average molecular weight is 309 g/mol. The van der Waals surface area contributed by atoms with Crippen LogP contribution >= 0.6 is 0 Å². The molecule has 1 aromatic heterocycles. The minimum atomic E-state index is 0.511. The van der Waals surface area contributed by atoms with E-state index < -0.39 is 0 Å². The Labute approximate surface area is 135 Å². The maximum absolute atomic E-state index is 5.70. The lowest BCUT2D eigenvalue weighted by molar-refractivity contribution is 0.406. The van der Waals surface area contributed by atoms with Crippen LogP contribution in [0.3, 0.4) is 0 Å². The molecule has 1 heterocycles. The summed E-state index contributed by atoms with van der Waals surface area (Å²) in [5.74, 6) is 1.98. The number of para-hydroxylation sites is 1. The Bertz CT molecular complexity index is 783. The first-order chi connectivity index (χ1) is 11.3. The monoisotopic (exact) mass is 309 g/mol. The fourth-order valence-corrected chi connectivity index (χ4v) is 2.37. The molecule has 0 fully saturated rings. The standard InChI is InChI=1S/C18H19N3O2/c1-13-6-5-8-14(10-13)18-21-20-17(23-18)12-19-11-15-7-3-4-9-16(15)22-2/h3-10,19H,11-12H2,1-2H3. The normalized spacial score (nSPS) is 10.7. The summed E-state index contributed by atoms with van der Waals surface area (Å²) in [7, 11) is 1.67. The Morgan fingerprint density at radius 2 is 1.91 bits per heavy atom. The second kappa shape index (κ2) is 7.07. The van der Waals surface area contributed by atoms with E-state index >= 15 is 0 Å². The highest BCUT2D eigenvalue weighted by atomic mass is 16.5. The predicted octanol–water partition coefficient (Wildman–Crippen LogP) is 3.34. The Hall–Kier alpha value is -2.66. The van der Waals surface area contributed by atoms with E-state index in [-0.39, 0.29) is 0 Å². The molecule has 0 atom stereocenters. The third-order valence-electron chi connectivity index (χ3n) is 3.52. The highest BCUT2D eigenvalue weighted by molar-refractivity contribution is 5.53. The smallest absolute Gasteiger partial charge is 0.247 e. The molecule has 0 saturated heterocycles. The van der Waals surface area contributed by atoms with Gasteiger partial charge in [0.05, 0.1) is 13.7 Å². The van der Waals surface area contributed by atoms with Gasteiger partial charge in [0.2, 0.25) is 11.8 Å². The zero-order valence-corrected chi connectivity index (χ0v) is 13.2. The third kappa shape index (κ3) is 3.76. The van der Waals surface area contributed by atoms with E-state index in [1.807, 2.05) is 55.5 Å². The van der Waals surface area contributed by atoms with Crippen molar-refractivity contribution < 1.29 is 9.15 Å². The summed E-state index contributed by atoms with van der Waals surface area (Å²) >= 11 is 0. The van der Waals surface area contributed by atoms with Crippen molar-refractivity contribution >= 4 is 0 Å². The largest absolute Gasteiger partial charge is 0.496 e. The van der Waals surface area contributed by atoms with Gasteiger partial charge in [-0.25, -0.2) is 0 Å². The van der Waals surface area contributed by atoms with Gasteiger partial charge in [-0.05, 0) is 25.1 Å². The number of methoxy groups -OCH3 is 1. The van der Waals surface area contributed by atoms with Gasteiger partial charge in [-0.3, -0.25) is 0 Å². The maximum Gasteiger partial charge on any atom is 0.247 e. The van der Waals surface area contributed by atoms with E-state index in [9.17, 15) is 0 Å². The third-order valence-corrected chi connectivity index (χ3v) is 3.52. The van der Waals surface area contributed by atoms with Gasteiger partial charge < -0.3 is 14.5 Å². The van der Waals surface area contributed by atoms with E-state index in [1.165, 1.54) is 0 Å². The Morgan fingerprint density at radius 3 is 2.74 bits per heavy atom. The average Bonchev–Trinajstić information content (AvgIpc) is 3.04. The van der Waals surface area contributed by atoms with E-state index in [0.717, 1.165) is 22.4 Å². The van der Waals surface area contributed by atoms with Crippen molar-refractivity contribution in [1.29, 1.82) is 0 Å². The lowest BCUT2D eigenvalue weighted by Crippen LogP contribution is -2.13. The molecule has 0 aliphatic heterocycles. The molecule has 23 heavy (non-hydrogen) atoms. The highest BCUT2D eigenvalue weighted by Crippen LogP contribution is 2.19. The van der Waals surface area contributed by atoms with Gasteiger partial charge in [0.15, 0.2) is 0 Å². The minimum absolute atomic E-state index is 0.511. The first kappa shape index (κ1) is 15.2. The number of aromatic nitrogens is 2. The molecule has 0 aliphatic rings. The van der Waals surface area contributed by atoms with Crippen LogP contribution in [0, 0.1) is 6.92 Å². The zero-order chi connectivity index (χ0) is 16.1. The Morgan fingerprint density at radius 1 is 1.04 bits per heavy atom. The molecule has 0 aliphatic carbocycles. The second-order valence-corrected chi connectivity index (χ2v) is 5.29. The first-order valence-electron chi connectivity index (χ1n) is 7.48. The van der Waals surface area contributed by atoms with Crippen molar-refractivity contribution in [2.45, 2.75) is 20.0 Å². The Balaban J connectivity index is 1.61. The van der Waals surface area contributed by atoms with E-state index in [2.05, 4.69) is 15.5 Å². The van der Waals surface area contributed by atoms with Crippen molar-refractivity contribution in [3.63, 3.8) is 0 Å². The van der Waals surface area contributed by atoms with Gasteiger partial charge in [-0.1, -0.05) is 35.9 Å². The van der Waals surface area contributed by atoms with Crippen LogP contribution in [-0.2, 0) is 13.1 Å². The number of ether oxygens (including phenoxy) is 1. The van der Waals surface area contributed by atoms with Gasteiger partial charge in [0, 0.05) is 17.7 Å². The van der Waals surface area contributed by atoms with Crippen molar-refractivity contribution in [2.75, 3.05) is 7.11 Å². The first-order valence-corrected chi connectivity index (χ1v) is 7.48. The van der Waals surface area contributed by atoms with Crippen molar-refractivity contribution in [3.05, 3.63) is 65.5 Å². The van der Waals surface area contributed by atoms with Crippen LogP contribution in [0.4, 0.5) is 0 Å². The zero-order valence-electron chi connectivity index (χ0n) is 13.2. The summed E-state index contributed by atoms with van der Waals surface area (Å²) in [5.41, 5.74) is 3.19. The fourth-order valence-electron chi connectivity index (χ4n) is 2.37. The molecule has 5 heteroatoms. The molecule has 2 aromatic carbocycles. The second-order valence-electron chi connectivity index (χ2n) is 5.29. The molecular weight excluding hydrogens is 290 g/mol. The van der Waals surface area contributed by atoms with Crippen LogP contribution in [0.25, 0.3) is 11.5 Å². The summed E-state index contributed by atoms with van der Waals surface area (Å²) in [6, 6.07) is 15.9. The van der Waals surface area contributed by atoms with Crippen molar-refractivity contribution in [3.8, 4) is 17.2 Å². The van der Waals surface area contributed by atoms with E-state index in [0.29, 0.717) is 24.9 Å². The summed E-state index contributed by atoms with van der Waals surface area (Å²) in [6.45, 7) is 3.22.